The summed E-state index contributed by atoms with van der Waals surface area (Å²) in [5.41, 5.74) is -0.684. The Balaban J connectivity index is 2.67. The van der Waals surface area contributed by atoms with Gasteiger partial charge in [-0.1, -0.05) is 0 Å². The minimum Gasteiger partial charge on any atom is -0.320 e. The van der Waals surface area contributed by atoms with Gasteiger partial charge in [-0.25, -0.2) is 4.39 Å². The molecule has 0 saturated carbocycles. The van der Waals surface area contributed by atoms with Gasteiger partial charge >= 0.3 is 5.92 Å². The van der Waals surface area contributed by atoms with Gasteiger partial charge in [-0.15, -0.1) is 0 Å². The molecule has 2 nitrogen and oxygen atoms in total. The predicted molar refractivity (Wildman–Crippen MR) is 46.6 cm³/mol. The summed E-state index contributed by atoms with van der Waals surface area (Å²) in [5, 5.41) is 1.97. The molecule has 74 valence electrons. The van der Waals surface area contributed by atoms with E-state index in [1.165, 1.54) is 0 Å². The van der Waals surface area contributed by atoms with Crippen molar-refractivity contribution in [1.82, 2.24) is 0 Å². The van der Waals surface area contributed by atoms with Gasteiger partial charge in [0.2, 0.25) is 0 Å². The number of amides is 1. The fourth-order valence-corrected chi connectivity index (χ4v) is 1.58. The SMILES string of the molecule is O=C1Nc2cc(Br)c(F)cc2C1(F)F. The van der Waals surface area contributed by atoms with Crippen molar-refractivity contribution in [3.63, 3.8) is 0 Å². The van der Waals surface area contributed by atoms with E-state index >= 15 is 0 Å². The summed E-state index contributed by atoms with van der Waals surface area (Å²) >= 11 is 2.84. The van der Waals surface area contributed by atoms with E-state index in [0.29, 0.717) is 6.07 Å². The molecule has 0 atom stereocenters. The second-order valence-corrected chi connectivity index (χ2v) is 3.69. The fourth-order valence-electron chi connectivity index (χ4n) is 1.23. The number of hydrogen-bond donors (Lipinski definition) is 1. The molecule has 0 unspecified atom stereocenters. The maximum Gasteiger partial charge on any atom is 0.352 e. The van der Waals surface area contributed by atoms with Crippen molar-refractivity contribution in [2.45, 2.75) is 5.92 Å². The summed E-state index contributed by atoms with van der Waals surface area (Å²) in [6.45, 7) is 0. The first-order chi connectivity index (χ1) is 6.43. The quantitative estimate of drug-likeness (QED) is 0.768. The van der Waals surface area contributed by atoms with Crippen molar-refractivity contribution in [2.75, 3.05) is 5.32 Å². The summed E-state index contributed by atoms with van der Waals surface area (Å²) in [7, 11) is 0. The third kappa shape index (κ3) is 1.13. The van der Waals surface area contributed by atoms with E-state index in [4.69, 9.17) is 0 Å². The number of carbonyl (C=O) groups excluding carboxylic acids is 1. The van der Waals surface area contributed by atoms with Crippen LogP contribution < -0.4 is 5.32 Å². The molecular weight excluding hydrogens is 263 g/mol. The number of rotatable bonds is 0. The Kier molecular flexibility index (Phi) is 1.85. The standard InChI is InChI=1S/C8H3BrF3NO/c9-4-2-6-3(1-5(4)10)8(11,12)7(14)13-6/h1-2H,(H,13,14). The summed E-state index contributed by atoms with van der Waals surface area (Å²) < 4.78 is 39.1. The van der Waals surface area contributed by atoms with Crippen LogP contribution in [0.4, 0.5) is 18.9 Å². The van der Waals surface area contributed by atoms with E-state index in [1.807, 2.05) is 5.32 Å². The average molecular weight is 266 g/mol. The van der Waals surface area contributed by atoms with E-state index in [0.717, 1.165) is 6.07 Å². The van der Waals surface area contributed by atoms with Gasteiger partial charge in [-0.3, -0.25) is 4.79 Å². The fraction of sp³-hybridized carbons (Fsp3) is 0.125. The van der Waals surface area contributed by atoms with Crippen LogP contribution in [0.5, 0.6) is 0 Å². The molecule has 0 saturated heterocycles. The lowest BCUT2D eigenvalue weighted by Gasteiger charge is -2.06. The lowest BCUT2D eigenvalue weighted by molar-refractivity contribution is -0.139. The molecule has 1 aliphatic rings. The van der Waals surface area contributed by atoms with E-state index in [-0.39, 0.29) is 10.2 Å². The monoisotopic (exact) mass is 265 g/mol. The van der Waals surface area contributed by atoms with Gasteiger partial charge < -0.3 is 5.32 Å². The van der Waals surface area contributed by atoms with Crippen molar-refractivity contribution < 1.29 is 18.0 Å². The lowest BCUT2D eigenvalue weighted by Crippen LogP contribution is -2.23. The first-order valence-corrected chi connectivity index (χ1v) is 4.41. The number of benzene rings is 1. The molecule has 0 fully saturated rings. The first-order valence-electron chi connectivity index (χ1n) is 3.61. The zero-order valence-corrected chi connectivity index (χ0v) is 8.16. The maximum atomic E-state index is 13.0. The summed E-state index contributed by atoms with van der Waals surface area (Å²) in [5.74, 6) is -5.89. The van der Waals surface area contributed by atoms with Crippen LogP contribution in [0.3, 0.4) is 0 Å². The largest absolute Gasteiger partial charge is 0.352 e. The van der Waals surface area contributed by atoms with Crippen LogP contribution in [-0.2, 0) is 10.7 Å². The number of carbonyl (C=O) groups is 1. The van der Waals surface area contributed by atoms with Crippen LogP contribution in [0.15, 0.2) is 16.6 Å². The number of alkyl halides is 2. The van der Waals surface area contributed by atoms with Crippen molar-refractivity contribution in [3.8, 4) is 0 Å². The predicted octanol–water partition coefficient (Wildman–Crippen LogP) is 2.63. The Labute approximate surface area is 85.2 Å². The van der Waals surface area contributed by atoms with Crippen molar-refractivity contribution >= 4 is 27.5 Å². The third-order valence-corrected chi connectivity index (χ3v) is 2.54. The van der Waals surface area contributed by atoms with Crippen LogP contribution >= 0.6 is 15.9 Å². The number of hydrogen-bond acceptors (Lipinski definition) is 1. The van der Waals surface area contributed by atoms with Crippen LogP contribution in [0.25, 0.3) is 0 Å². The zero-order chi connectivity index (χ0) is 10.5. The normalized spacial score (nSPS) is 17.9. The van der Waals surface area contributed by atoms with Gasteiger partial charge in [0.15, 0.2) is 0 Å². The van der Waals surface area contributed by atoms with E-state index in [1.54, 1.807) is 0 Å². The highest BCUT2D eigenvalue weighted by atomic mass is 79.9. The van der Waals surface area contributed by atoms with E-state index < -0.39 is 23.2 Å². The van der Waals surface area contributed by atoms with Gasteiger partial charge in [0.05, 0.1) is 15.7 Å². The smallest absolute Gasteiger partial charge is 0.320 e. The zero-order valence-electron chi connectivity index (χ0n) is 6.57. The molecule has 0 aromatic heterocycles. The molecule has 0 aliphatic carbocycles. The van der Waals surface area contributed by atoms with Gasteiger partial charge in [-0.2, -0.15) is 8.78 Å². The van der Waals surface area contributed by atoms with Crippen LogP contribution in [0.1, 0.15) is 5.56 Å². The molecule has 1 N–H and O–H groups in total. The topological polar surface area (TPSA) is 29.1 Å². The van der Waals surface area contributed by atoms with Crippen LogP contribution in [0.2, 0.25) is 0 Å². The molecule has 1 aromatic rings. The van der Waals surface area contributed by atoms with Crippen LogP contribution in [0, 0.1) is 5.82 Å². The lowest BCUT2D eigenvalue weighted by atomic mass is 10.1. The molecular formula is C8H3BrF3NO. The van der Waals surface area contributed by atoms with Crippen molar-refractivity contribution in [3.05, 3.63) is 28.0 Å². The Morgan fingerprint density at radius 1 is 1.36 bits per heavy atom. The molecule has 0 spiro atoms. The third-order valence-electron chi connectivity index (χ3n) is 1.93. The van der Waals surface area contributed by atoms with Crippen molar-refractivity contribution in [1.29, 1.82) is 0 Å². The highest BCUT2D eigenvalue weighted by Crippen LogP contribution is 2.42. The molecule has 14 heavy (non-hydrogen) atoms. The van der Waals surface area contributed by atoms with Crippen LogP contribution in [-0.4, -0.2) is 5.91 Å². The molecule has 0 radical (unpaired) electrons. The van der Waals surface area contributed by atoms with Gasteiger partial charge in [0.1, 0.15) is 5.82 Å². The second-order valence-electron chi connectivity index (χ2n) is 2.84. The average Bonchev–Trinajstić information content (AvgIpc) is 2.28. The Bertz CT molecular complexity index is 433. The summed E-state index contributed by atoms with van der Waals surface area (Å²) in [6.07, 6.45) is 0. The molecule has 1 aliphatic heterocycles. The summed E-state index contributed by atoms with van der Waals surface area (Å²) in [6, 6.07) is 1.76. The van der Waals surface area contributed by atoms with Gasteiger partial charge in [-0.05, 0) is 28.1 Å². The van der Waals surface area contributed by atoms with E-state index in [2.05, 4.69) is 15.9 Å². The Hall–Kier alpha value is -1.04. The molecule has 1 amide bonds. The maximum absolute atomic E-state index is 13.0. The molecule has 6 heteroatoms. The number of anilines is 1. The first kappa shape index (κ1) is 9.51. The molecule has 0 bridgehead atoms. The number of fused-ring (bicyclic) bond motifs is 1. The molecule has 2 rings (SSSR count). The second kappa shape index (κ2) is 2.73. The number of halogens is 4. The highest BCUT2D eigenvalue weighted by molar-refractivity contribution is 9.10. The minimum atomic E-state index is -3.64. The Morgan fingerprint density at radius 3 is 2.64 bits per heavy atom. The molecule has 1 aromatic carbocycles. The Morgan fingerprint density at radius 2 is 2.00 bits per heavy atom. The number of nitrogens with one attached hydrogen (secondary N) is 1. The summed E-state index contributed by atoms with van der Waals surface area (Å²) in [4.78, 5) is 10.8. The molecule has 1 heterocycles. The van der Waals surface area contributed by atoms with Crippen molar-refractivity contribution in [2.24, 2.45) is 0 Å². The van der Waals surface area contributed by atoms with E-state index in [9.17, 15) is 18.0 Å². The van der Waals surface area contributed by atoms with Gasteiger partial charge in [0.25, 0.3) is 5.91 Å². The minimum absolute atomic E-state index is 0.0363. The van der Waals surface area contributed by atoms with Gasteiger partial charge in [0, 0.05) is 0 Å². The highest BCUT2D eigenvalue weighted by Gasteiger charge is 2.48.